The van der Waals surface area contributed by atoms with E-state index in [2.05, 4.69) is 67.8 Å². The van der Waals surface area contributed by atoms with Gasteiger partial charge in [-0.3, -0.25) is 9.47 Å². The first kappa shape index (κ1) is 18.3. The Morgan fingerprint density at radius 3 is 2.67 bits per heavy atom. The quantitative estimate of drug-likeness (QED) is 0.628. The fourth-order valence-electron chi connectivity index (χ4n) is 5.45. The molecule has 0 radical (unpaired) electrons. The van der Waals surface area contributed by atoms with Crippen LogP contribution in [-0.2, 0) is 13.1 Å². The van der Waals surface area contributed by atoms with Crippen LogP contribution in [0, 0.1) is 12.3 Å². The highest BCUT2D eigenvalue weighted by molar-refractivity contribution is 6.30. The molecular formula is C23H25ClN6. The summed E-state index contributed by atoms with van der Waals surface area (Å²) in [5.41, 5.74) is 4.03. The van der Waals surface area contributed by atoms with Crippen LogP contribution in [0.1, 0.15) is 41.5 Å². The minimum absolute atomic E-state index is 0.411. The van der Waals surface area contributed by atoms with Crippen LogP contribution in [0.2, 0.25) is 5.02 Å². The standard InChI is InChI=1S/C23H25ClN6/c1-15-3-6-20(25-10-15)29-13-23(14-29)8-17(9-23)22-27-26-21-12-28(2)11-16-7-18(24)4-5-19(16)30(21)22/h3-7,10,17H,8-9,11-14H2,1-2H3. The van der Waals surface area contributed by atoms with Gasteiger partial charge >= 0.3 is 0 Å². The second-order valence-corrected chi connectivity index (χ2v) is 9.85. The van der Waals surface area contributed by atoms with Gasteiger partial charge in [0, 0.05) is 42.2 Å². The molecule has 0 unspecified atom stereocenters. The normalized spacial score (nSPS) is 20.3. The Bertz CT molecular complexity index is 1110. The van der Waals surface area contributed by atoms with Crippen molar-refractivity contribution in [1.29, 1.82) is 0 Å². The number of rotatable bonds is 2. The van der Waals surface area contributed by atoms with Crippen molar-refractivity contribution in [3.8, 4) is 5.69 Å². The number of hydrogen-bond acceptors (Lipinski definition) is 5. The van der Waals surface area contributed by atoms with Crippen LogP contribution < -0.4 is 4.90 Å². The SMILES string of the molecule is Cc1ccc(N2CC3(CC(c4nnc5n4-c4ccc(Cl)cc4CN(C)C5)C3)C2)nc1. The average molecular weight is 421 g/mol. The number of aromatic nitrogens is 4. The highest BCUT2D eigenvalue weighted by Gasteiger charge is 2.54. The number of benzene rings is 1. The lowest BCUT2D eigenvalue weighted by molar-refractivity contribution is 0.0581. The maximum Gasteiger partial charge on any atom is 0.151 e. The van der Waals surface area contributed by atoms with E-state index in [1.807, 2.05) is 12.3 Å². The summed E-state index contributed by atoms with van der Waals surface area (Å²) in [5.74, 6) is 3.70. The molecular weight excluding hydrogens is 396 g/mol. The largest absolute Gasteiger partial charge is 0.355 e. The van der Waals surface area contributed by atoms with Gasteiger partial charge in [0.1, 0.15) is 11.6 Å². The molecule has 4 heterocycles. The molecule has 6 rings (SSSR count). The molecule has 1 saturated carbocycles. The molecule has 6 nitrogen and oxygen atoms in total. The number of pyridine rings is 1. The second kappa shape index (κ2) is 6.53. The van der Waals surface area contributed by atoms with Crippen LogP contribution in [0.5, 0.6) is 0 Å². The van der Waals surface area contributed by atoms with E-state index in [0.29, 0.717) is 11.3 Å². The lowest BCUT2D eigenvalue weighted by Crippen LogP contribution is -2.62. The third kappa shape index (κ3) is 2.85. The molecule has 3 aromatic rings. The summed E-state index contributed by atoms with van der Waals surface area (Å²) in [6.45, 7) is 5.93. The molecule has 0 amide bonds. The van der Waals surface area contributed by atoms with Gasteiger partial charge in [0.05, 0.1) is 12.2 Å². The molecule has 7 heteroatoms. The third-order valence-electron chi connectivity index (χ3n) is 6.89. The zero-order valence-corrected chi connectivity index (χ0v) is 18.1. The fraction of sp³-hybridized carbons (Fsp3) is 0.435. The number of nitrogens with zero attached hydrogens (tertiary/aromatic N) is 6. The second-order valence-electron chi connectivity index (χ2n) is 9.41. The van der Waals surface area contributed by atoms with Crippen LogP contribution in [0.25, 0.3) is 5.69 Å². The van der Waals surface area contributed by atoms with E-state index < -0.39 is 0 Å². The maximum atomic E-state index is 6.29. The van der Waals surface area contributed by atoms with E-state index in [9.17, 15) is 0 Å². The Morgan fingerprint density at radius 2 is 1.90 bits per heavy atom. The van der Waals surface area contributed by atoms with Gasteiger partial charge in [0.2, 0.25) is 0 Å². The minimum atomic E-state index is 0.411. The molecule has 1 saturated heterocycles. The monoisotopic (exact) mass is 420 g/mol. The minimum Gasteiger partial charge on any atom is -0.355 e. The molecule has 3 aliphatic rings. The van der Waals surface area contributed by atoms with Crippen molar-refractivity contribution < 1.29 is 0 Å². The van der Waals surface area contributed by atoms with Gasteiger partial charge in [-0.2, -0.15) is 0 Å². The van der Waals surface area contributed by atoms with Crippen LogP contribution in [0.3, 0.4) is 0 Å². The highest BCUT2D eigenvalue weighted by Crippen LogP contribution is 2.56. The lowest BCUT2D eigenvalue weighted by Gasteiger charge is -2.59. The van der Waals surface area contributed by atoms with Gasteiger partial charge in [-0.1, -0.05) is 17.7 Å². The Morgan fingerprint density at radius 1 is 1.07 bits per heavy atom. The highest BCUT2D eigenvalue weighted by atomic mass is 35.5. The van der Waals surface area contributed by atoms with Crippen LogP contribution >= 0.6 is 11.6 Å². The third-order valence-corrected chi connectivity index (χ3v) is 7.12. The van der Waals surface area contributed by atoms with Gasteiger partial charge in [0.15, 0.2) is 5.82 Å². The summed E-state index contributed by atoms with van der Waals surface area (Å²) in [4.78, 5) is 9.25. The van der Waals surface area contributed by atoms with Crippen LogP contribution in [0.15, 0.2) is 36.5 Å². The van der Waals surface area contributed by atoms with E-state index in [1.165, 1.54) is 29.7 Å². The number of anilines is 1. The molecule has 0 N–H and O–H groups in total. The number of hydrogen-bond donors (Lipinski definition) is 0. The van der Waals surface area contributed by atoms with E-state index in [-0.39, 0.29) is 0 Å². The first-order valence-electron chi connectivity index (χ1n) is 10.6. The predicted octanol–water partition coefficient (Wildman–Crippen LogP) is 3.95. The lowest BCUT2D eigenvalue weighted by atomic mass is 9.57. The van der Waals surface area contributed by atoms with Crippen molar-refractivity contribution in [3.63, 3.8) is 0 Å². The number of fused-ring (bicyclic) bond motifs is 3. The number of halogens is 1. The zero-order chi connectivity index (χ0) is 20.5. The van der Waals surface area contributed by atoms with Gasteiger partial charge in [-0.25, -0.2) is 4.98 Å². The Hall–Kier alpha value is -2.44. The van der Waals surface area contributed by atoms with Crippen molar-refractivity contribution in [2.24, 2.45) is 5.41 Å². The molecule has 1 aliphatic carbocycles. The molecule has 0 bridgehead atoms. The van der Waals surface area contributed by atoms with Gasteiger partial charge < -0.3 is 4.90 Å². The molecule has 2 aliphatic heterocycles. The van der Waals surface area contributed by atoms with E-state index in [4.69, 9.17) is 11.6 Å². The Labute approximate surface area is 181 Å². The first-order valence-corrected chi connectivity index (χ1v) is 11.0. The molecule has 154 valence electrons. The fourth-order valence-corrected chi connectivity index (χ4v) is 5.64. The zero-order valence-electron chi connectivity index (χ0n) is 17.3. The van der Waals surface area contributed by atoms with Crippen molar-refractivity contribution in [2.75, 3.05) is 25.0 Å². The molecule has 1 aromatic carbocycles. The topological polar surface area (TPSA) is 50.1 Å². The van der Waals surface area contributed by atoms with Crippen molar-refractivity contribution in [2.45, 2.75) is 38.8 Å². The van der Waals surface area contributed by atoms with E-state index in [0.717, 1.165) is 48.7 Å². The van der Waals surface area contributed by atoms with E-state index >= 15 is 0 Å². The molecule has 2 fully saturated rings. The van der Waals surface area contributed by atoms with Crippen molar-refractivity contribution >= 4 is 17.4 Å². The van der Waals surface area contributed by atoms with E-state index in [1.54, 1.807) is 0 Å². The first-order chi connectivity index (χ1) is 14.5. The summed E-state index contributed by atoms with van der Waals surface area (Å²) in [5, 5.41) is 10.0. The van der Waals surface area contributed by atoms with Crippen LogP contribution in [0.4, 0.5) is 5.82 Å². The van der Waals surface area contributed by atoms with Gasteiger partial charge in [-0.05, 0) is 62.2 Å². The summed E-state index contributed by atoms with van der Waals surface area (Å²) >= 11 is 6.29. The van der Waals surface area contributed by atoms with Gasteiger partial charge in [-0.15, -0.1) is 10.2 Å². The van der Waals surface area contributed by atoms with Gasteiger partial charge in [0.25, 0.3) is 0 Å². The Balaban J connectivity index is 1.23. The predicted molar refractivity (Wildman–Crippen MR) is 117 cm³/mol. The molecule has 2 aromatic heterocycles. The van der Waals surface area contributed by atoms with Crippen LogP contribution in [-0.4, -0.2) is 44.8 Å². The summed E-state index contributed by atoms with van der Waals surface area (Å²) < 4.78 is 2.30. The Kier molecular flexibility index (Phi) is 3.99. The number of aryl methyl sites for hydroxylation is 1. The van der Waals surface area contributed by atoms with Crippen molar-refractivity contribution in [1.82, 2.24) is 24.6 Å². The van der Waals surface area contributed by atoms with Crippen molar-refractivity contribution in [3.05, 3.63) is 64.3 Å². The smallest absolute Gasteiger partial charge is 0.151 e. The summed E-state index contributed by atoms with van der Waals surface area (Å²) in [6, 6.07) is 10.4. The maximum absolute atomic E-state index is 6.29. The summed E-state index contributed by atoms with van der Waals surface area (Å²) in [6.07, 6.45) is 4.30. The molecule has 30 heavy (non-hydrogen) atoms. The molecule has 0 atom stereocenters. The average Bonchev–Trinajstić information content (AvgIpc) is 2.97. The molecule has 1 spiro atoms. The summed E-state index contributed by atoms with van der Waals surface area (Å²) in [7, 11) is 2.12.